The van der Waals surface area contributed by atoms with Crippen LogP contribution in [0.2, 0.25) is 0 Å². The van der Waals surface area contributed by atoms with Crippen molar-refractivity contribution in [3.8, 4) is 5.75 Å². The Bertz CT molecular complexity index is 425. The van der Waals surface area contributed by atoms with Crippen LogP contribution in [0.3, 0.4) is 0 Å². The molecule has 0 saturated heterocycles. The lowest BCUT2D eigenvalue weighted by Crippen LogP contribution is -2.36. The van der Waals surface area contributed by atoms with Crippen molar-refractivity contribution in [2.45, 2.75) is 65.8 Å². The van der Waals surface area contributed by atoms with E-state index in [1.807, 2.05) is 6.20 Å². The molecular weight excluding hydrogens is 260 g/mol. The normalized spacial score (nSPS) is 12.7. The van der Waals surface area contributed by atoms with Crippen molar-refractivity contribution >= 4 is 0 Å². The molecule has 1 heterocycles. The number of ether oxygens (including phenoxy) is 1. The van der Waals surface area contributed by atoms with Crippen LogP contribution in [0.15, 0.2) is 6.20 Å². The van der Waals surface area contributed by atoms with E-state index in [1.54, 1.807) is 7.11 Å². The first-order valence-electron chi connectivity index (χ1n) is 8.25. The fourth-order valence-corrected chi connectivity index (χ4v) is 3.28. The lowest BCUT2D eigenvalue weighted by Gasteiger charge is -2.27. The van der Waals surface area contributed by atoms with Gasteiger partial charge in [0.25, 0.3) is 0 Å². The summed E-state index contributed by atoms with van der Waals surface area (Å²) in [6.45, 7) is 8.71. The monoisotopic (exact) mass is 292 g/mol. The Labute approximate surface area is 130 Å². The number of likely N-dealkylation sites (N-methyl/N-ethyl adjacent to an activating group) is 1. The molecule has 1 aromatic heterocycles. The van der Waals surface area contributed by atoms with Gasteiger partial charge in [-0.25, -0.2) is 0 Å². The SMILES string of the molecule is CCCC(CCC)C(Cc1ncc(C)c(OC)c1C)NC. The van der Waals surface area contributed by atoms with Gasteiger partial charge in [-0.15, -0.1) is 0 Å². The first-order valence-corrected chi connectivity index (χ1v) is 8.25. The number of nitrogens with zero attached hydrogens (tertiary/aromatic N) is 1. The molecule has 1 unspecified atom stereocenters. The highest BCUT2D eigenvalue weighted by Crippen LogP contribution is 2.27. The molecule has 0 aromatic carbocycles. The lowest BCUT2D eigenvalue weighted by molar-refractivity contribution is 0.320. The van der Waals surface area contributed by atoms with Crippen LogP contribution in [0.4, 0.5) is 0 Å². The third-order valence-corrected chi connectivity index (χ3v) is 4.42. The highest BCUT2D eigenvalue weighted by atomic mass is 16.5. The maximum absolute atomic E-state index is 5.53. The largest absolute Gasteiger partial charge is 0.496 e. The van der Waals surface area contributed by atoms with Gasteiger partial charge in [-0.05, 0) is 39.7 Å². The molecule has 0 aliphatic rings. The molecule has 1 atom stereocenters. The standard InChI is InChI=1S/C18H32N2O/c1-7-9-15(10-8-2)17(19-5)11-16-14(4)18(21-6)13(3)12-20-16/h12,15,17,19H,7-11H2,1-6H3. The second-order valence-electron chi connectivity index (χ2n) is 5.98. The van der Waals surface area contributed by atoms with Crippen molar-refractivity contribution in [3.63, 3.8) is 0 Å². The number of hydrogen-bond donors (Lipinski definition) is 1. The summed E-state index contributed by atoms with van der Waals surface area (Å²) in [5, 5.41) is 3.52. The van der Waals surface area contributed by atoms with Crippen molar-refractivity contribution in [2.24, 2.45) is 5.92 Å². The minimum Gasteiger partial charge on any atom is -0.496 e. The number of hydrogen-bond acceptors (Lipinski definition) is 3. The summed E-state index contributed by atoms with van der Waals surface area (Å²) in [7, 11) is 3.81. The molecule has 0 fully saturated rings. The van der Waals surface area contributed by atoms with Crippen molar-refractivity contribution in [1.82, 2.24) is 10.3 Å². The summed E-state index contributed by atoms with van der Waals surface area (Å²) in [5.41, 5.74) is 3.46. The topological polar surface area (TPSA) is 34.1 Å². The van der Waals surface area contributed by atoms with Gasteiger partial charge in [0.2, 0.25) is 0 Å². The molecule has 0 amide bonds. The maximum atomic E-state index is 5.53. The number of pyridine rings is 1. The van der Waals surface area contributed by atoms with E-state index in [0.717, 1.165) is 29.3 Å². The molecule has 3 nitrogen and oxygen atoms in total. The fraction of sp³-hybridized carbons (Fsp3) is 0.722. The smallest absolute Gasteiger partial charge is 0.128 e. The van der Waals surface area contributed by atoms with Crippen LogP contribution in [0.25, 0.3) is 0 Å². The number of rotatable bonds is 9. The van der Waals surface area contributed by atoms with Crippen molar-refractivity contribution in [2.75, 3.05) is 14.2 Å². The molecule has 0 spiro atoms. The average molecular weight is 292 g/mol. The molecule has 0 radical (unpaired) electrons. The predicted molar refractivity (Wildman–Crippen MR) is 90.1 cm³/mol. The zero-order valence-corrected chi connectivity index (χ0v) is 14.6. The number of aryl methyl sites for hydroxylation is 1. The van der Waals surface area contributed by atoms with Gasteiger partial charge < -0.3 is 10.1 Å². The van der Waals surface area contributed by atoms with E-state index in [-0.39, 0.29) is 0 Å². The number of nitrogens with one attached hydrogen (secondary N) is 1. The van der Waals surface area contributed by atoms with E-state index < -0.39 is 0 Å². The third kappa shape index (κ3) is 4.70. The Balaban J connectivity index is 2.95. The summed E-state index contributed by atoms with van der Waals surface area (Å²) in [5.74, 6) is 1.70. The molecule has 21 heavy (non-hydrogen) atoms. The predicted octanol–water partition coefficient (Wildman–Crippen LogP) is 4.05. The van der Waals surface area contributed by atoms with Gasteiger partial charge in [0.1, 0.15) is 5.75 Å². The van der Waals surface area contributed by atoms with E-state index in [4.69, 9.17) is 4.74 Å². The molecule has 0 saturated carbocycles. The Hall–Kier alpha value is -1.09. The first kappa shape index (κ1) is 18.0. The van der Waals surface area contributed by atoms with Crippen molar-refractivity contribution in [1.29, 1.82) is 0 Å². The molecule has 1 rings (SSSR count). The van der Waals surface area contributed by atoms with Crippen LogP contribution in [-0.4, -0.2) is 25.2 Å². The summed E-state index contributed by atoms with van der Waals surface area (Å²) in [4.78, 5) is 4.66. The Kier molecular flexibility index (Phi) is 7.73. The summed E-state index contributed by atoms with van der Waals surface area (Å²) < 4.78 is 5.53. The quantitative estimate of drug-likeness (QED) is 0.745. The van der Waals surface area contributed by atoms with Crippen molar-refractivity contribution < 1.29 is 4.74 Å². The molecule has 120 valence electrons. The molecule has 0 aliphatic heterocycles. The fourth-order valence-electron chi connectivity index (χ4n) is 3.28. The summed E-state index contributed by atoms with van der Waals surface area (Å²) in [6.07, 6.45) is 7.95. The second kappa shape index (κ2) is 9.04. The summed E-state index contributed by atoms with van der Waals surface area (Å²) >= 11 is 0. The van der Waals surface area contributed by atoms with Gasteiger partial charge in [-0.3, -0.25) is 4.98 Å². The molecule has 1 aromatic rings. The Morgan fingerprint density at radius 2 is 1.81 bits per heavy atom. The van der Waals surface area contributed by atoms with Gasteiger partial charge in [0.15, 0.2) is 0 Å². The van der Waals surface area contributed by atoms with Crippen LogP contribution in [-0.2, 0) is 6.42 Å². The van der Waals surface area contributed by atoms with Gasteiger partial charge in [0.05, 0.1) is 7.11 Å². The third-order valence-electron chi connectivity index (χ3n) is 4.42. The Morgan fingerprint density at radius 3 is 2.29 bits per heavy atom. The van der Waals surface area contributed by atoms with Gasteiger partial charge in [-0.2, -0.15) is 0 Å². The van der Waals surface area contributed by atoms with Crippen LogP contribution in [0, 0.1) is 19.8 Å². The minimum atomic E-state index is 0.489. The zero-order chi connectivity index (χ0) is 15.8. The highest BCUT2D eigenvalue weighted by Gasteiger charge is 2.21. The van der Waals surface area contributed by atoms with Gasteiger partial charge in [0, 0.05) is 35.5 Å². The highest BCUT2D eigenvalue weighted by molar-refractivity contribution is 5.41. The van der Waals surface area contributed by atoms with E-state index in [1.165, 1.54) is 31.2 Å². The van der Waals surface area contributed by atoms with Crippen LogP contribution in [0.5, 0.6) is 5.75 Å². The molecule has 3 heteroatoms. The Morgan fingerprint density at radius 1 is 1.19 bits per heavy atom. The van der Waals surface area contributed by atoms with Gasteiger partial charge >= 0.3 is 0 Å². The maximum Gasteiger partial charge on any atom is 0.128 e. The van der Waals surface area contributed by atoms with Crippen molar-refractivity contribution in [3.05, 3.63) is 23.0 Å². The number of methoxy groups -OCH3 is 1. The average Bonchev–Trinajstić information content (AvgIpc) is 2.47. The van der Waals surface area contributed by atoms with E-state index in [9.17, 15) is 0 Å². The second-order valence-corrected chi connectivity index (χ2v) is 5.98. The van der Waals surface area contributed by atoms with E-state index >= 15 is 0 Å². The number of aromatic nitrogens is 1. The van der Waals surface area contributed by atoms with Crippen LogP contribution in [0.1, 0.15) is 56.4 Å². The lowest BCUT2D eigenvalue weighted by atomic mass is 9.87. The zero-order valence-electron chi connectivity index (χ0n) is 14.6. The molecular formula is C18H32N2O. The van der Waals surface area contributed by atoms with Crippen LogP contribution < -0.4 is 10.1 Å². The molecule has 0 bridgehead atoms. The van der Waals surface area contributed by atoms with E-state index in [0.29, 0.717) is 6.04 Å². The first-order chi connectivity index (χ1) is 10.1. The minimum absolute atomic E-state index is 0.489. The van der Waals surface area contributed by atoms with E-state index in [2.05, 4.69) is 45.0 Å². The van der Waals surface area contributed by atoms with Gasteiger partial charge in [-0.1, -0.05) is 26.7 Å². The molecule has 0 aliphatic carbocycles. The molecule has 1 N–H and O–H groups in total. The van der Waals surface area contributed by atoms with Crippen LogP contribution >= 0.6 is 0 Å². The summed E-state index contributed by atoms with van der Waals surface area (Å²) in [6, 6.07) is 0.489.